The van der Waals surface area contributed by atoms with Crippen molar-refractivity contribution in [3.8, 4) is 0 Å². The molecule has 0 bridgehead atoms. The van der Waals surface area contributed by atoms with Crippen molar-refractivity contribution >= 4 is 11.6 Å². The third-order valence-electron chi connectivity index (χ3n) is 2.83. The van der Waals surface area contributed by atoms with Crippen LogP contribution in [0.3, 0.4) is 0 Å². The van der Waals surface area contributed by atoms with Crippen LogP contribution in [-0.4, -0.2) is 23.6 Å². The molecular formula is C14H26N4. The Morgan fingerprint density at radius 2 is 1.78 bits per heavy atom. The van der Waals surface area contributed by atoms with E-state index < -0.39 is 0 Å². The van der Waals surface area contributed by atoms with Crippen LogP contribution in [0.15, 0.2) is 0 Å². The summed E-state index contributed by atoms with van der Waals surface area (Å²) in [6, 6.07) is 0. The predicted molar refractivity (Wildman–Crippen MR) is 78.0 cm³/mol. The van der Waals surface area contributed by atoms with Gasteiger partial charge in [-0.3, -0.25) is 0 Å². The van der Waals surface area contributed by atoms with Gasteiger partial charge >= 0.3 is 0 Å². The highest BCUT2D eigenvalue weighted by molar-refractivity contribution is 5.56. The van der Waals surface area contributed by atoms with Gasteiger partial charge in [-0.15, -0.1) is 0 Å². The van der Waals surface area contributed by atoms with Crippen molar-refractivity contribution in [2.75, 3.05) is 24.2 Å². The lowest BCUT2D eigenvalue weighted by Gasteiger charge is -2.25. The quantitative estimate of drug-likeness (QED) is 0.896. The molecule has 0 saturated heterocycles. The number of hydrogen-bond donors (Lipinski definition) is 1. The van der Waals surface area contributed by atoms with Crippen LogP contribution in [0.5, 0.6) is 0 Å². The first-order chi connectivity index (χ1) is 8.12. The van der Waals surface area contributed by atoms with Gasteiger partial charge in [-0.25, -0.2) is 9.97 Å². The molecule has 1 rings (SSSR count). The van der Waals surface area contributed by atoms with E-state index in [2.05, 4.69) is 51.6 Å². The van der Waals surface area contributed by atoms with E-state index in [9.17, 15) is 0 Å². The molecule has 1 heterocycles. The van der Waals surface area contributed by atoms with Gasteiger partial charge < -0.3 is 10.6 Å². The Balaban J connectivity index is 3.22. The summed E-state index contributed by atoms with van der Waals surface area (Å²) in [6.07, 6.45) is 0. The summed E-state index contributed by atoms with van der Waals surface area (Å²) in [5, 5.41) is 0. The second kappa shape index (κ2) is 5.12. The standard InChI is InChI=1S/C14H26N4/c1-9(2)8-18(7)12-10(3)11(15)16-13(17-12)14(4,5)6/h9H,8H2,1-7H3,(H2,15,16,17). The number of anilines is 2. The Kier molecular flexibility index (Phi) is 4.20. The molecule has 1 aromatic rings. The zero-order chi connectivity index (χ0) is 14.1. The van der Waals surface area contributed by atoms with Gasteiger partial charge in [0.2, 0.25) is 0 Å². The molecule has 0 saturated carbocycles. The highest BCUT2D eigenvalue weighted by Crippen LogP contribution is 2.26. The van der Waals surface area contributed by atoms with Crippen molar-refractivity contribution in [3.63, 3.8) is 0 Å². The van der Waals surface area contributed by atoms with Crippen LogP contribution < -0.4 is 10.6 Å². The molecule has 0 aliphatic carbocycles. The summed E-state index contributed by atoms with van der Waals surface area (Å²) in [5.41, 5.74) is 6.88. The van der Waals surface area contributed by atoms with Crippen molar-refractivity contribution in [2.45, 2.75) is 47.0 Å². The fourth-order valence-corrected chi connectivity index (χ4v) is 1.86. The second-order valence-corrected chi connectivity index (χ2v) is 6.41. The molecule has 0 fully saturated rings. The minimum absolute atomic E-state index is 0.0881. The number of nitrogen functional groups attached to an aromatic ring is 1. The van der Waals surface area contributed by atoms with E-state index in [0.717, 1.165) is 23.8 Å². The van der Waals surface area contributed by atoms with Gasteiger partial charge in [-0.2, -0.15) is 0 Å². The summed E-state index contributed by atoms with van der Waals surface area (Å²) >= 11 is 0. The summed E-state index contributed by atoms with van der Waals surface area (Å²) < 4.78 is 0. The summed E-state index contributed by atoms with van der Waals surface area (Å²) in [4.78, 5) is 11.3. The minimum atomic E-state index is -0.0881. The Hall–Kier alpha value is -1.32. The number of hydrogen-bond acceptors (Lipinski definition) is 4. The molecule has 0 aliphatic heterocycles. The molecular weight excluding hydrogens is 224 g/mol. The average Bonchev–Trinajstić information content (AvgIpc) is 2.18. The molecule has 0 radical (unpaired) electrons. The number of aromatic nitrogens is 2. The Morgan fingerprint density at radius 1 is 1.22 bits per heavy atom. The molecule has 4 nitrogen and oxygen atoms in total. The minimum Gasteiger partial charge on any atom is -0.383 e. The lowest BCUT2D eigenvalue weighted by Crippen LogP contribution is -2.27. The van der Waals surface area contributed by atoms with E-state index in [1.165, 1.54) is 0 Å². The van der Waals surface area contributed by atoms with E-state index >= 15 is 0 Å². The zero-order valence-electron chi connectivity index (χ0n) is 12.7. The number of nitrogens with zero attached hydrogens (tertiary/aromatic N) is 3. The lowest BCUT2D eigenvalue weighted by molar-refractivity contribution is 0.543. The fraction of sp³-hybridized carbons (Fsp3) is 0.714. The van der Waals surface area contributed by atoms with Gasteiger partial charge in [-0.1, -0.05) is 34.6 Å². The van der Waals surface area contributed by atoms with Gasteiger partial charge in [0, 0.05) is 24.6 Å². The van der Waals surface area contributed by atoms with Crippen molar-refractivity contribution in [2.24, 2.45) is 5.92 Å². The van der Waals surface area contributed by atoms with Crippen LogP contribution in [-0.2, 0) is 5.41 Å². The first kappa shape index (κ1) is 14.7. The zero-order valence-corrected chi connectivity index (χ0v) is 12.7. The van der Waals surface area contributed by atoms with Gasteiger partial charge in [0.25, 0.3) is 0 Å². The third-order valence-corrected chi connectivity index (χ3v) is 2.83. The number of rotatable bonds is 3. The molecule has 0 spiro atoms. The second-order valence-electron chi connectivity index (χ2n) is 6.41. The van der Waals surface area contributed by atoms with E-state index in [0.29, 0.717) is 11.7 Å². The largest absolute Gasteiger partial charge is 0.383 e. The molecule has 0 aliphatic rings. The van der Waals surface area contributed by atoms with Crippen molar-refractivity contribution < 1.29 is 0 Å². The summed E-state index contributed by atoms with van der Waals surface area (Å²) in [7, 11) is 2.06. The van der Waals surface area contributed by atoms with Gasteiger partial charge in [0.15, 0.2) is 0 Å². The maximum Gasteiger partial charge on any atom is 0.138 e. The van der Waals surface area contributed by atoms with E-state index in [4.69, 9.17) is 10.7 Å². The van der Waals surface area contributed by atoms with Crippen LogP contribution in [0, 0.1) is 12.8 Å². The lowest BCUT2D eigenvalue weighted by atomic mass is 9.95. The van der Waals surface area contributed by atoms with Crippen LogP contribution in [0.4, 0.5) is 11.6 Å². The maximum absolute atomic E-state index is 6.01. The van der Waals surface area contributed by atoms with E-state index in [1.807, 2.05) is 6.92 Å². The topological polar surface area (TPSA) is 55.0 Å². The molecule has 1 aromatic heterocycles. The van der Waals surface area contributed by atoms with Gasteiger partial charge in [0.1, 0.15) is 17.5 Å². The monoisotopic (exact) mass is 250 g/mol. The van der Waals surface area contributed by atoms with E-state index in [1.54, 1.807) is 0 Å². The molecule has 0 amide bonds. The number of nitrogens with two attached hydrogens (primary N) is 1. The normalized spacial score (nSPS) is 12.0. The SMILES string of the molecule is Cc1c(N)nc(C(C)(C)C)nc1N(C)CC(C)C. The molecule has 102 valence electrons. The Morgan fingerprint density at radius 3 is 2.22 bits per heavy atom. The van der Waals surface area contributed by atoms with Crippen LogP contribution in [0.25, 0.3) is 0 Å². The van der Waals surface area contributed by atoms with Crippen LogP contribution in [0.1, 0.15) is 46.0 Å². The molecule has 0 unspecified atom stereocenters. The molecule has 0 aromatic carbocycles. The average molecular weight is 250 g/mol. The molecule has 2 N–H and O–H groups in total. The molecule has 18 heavy (non-hydrogen) atoms. The predicted octanol–water partition coefficient (Wildman–Crippen LogP) is 2.76. The summed E-state index contributed by atoms with van der Waals surface area (Å²) in [5.74, 6) is 2.92. The van der Waals surface area contributed by atoms with Crippen molar-refractivity contribution in [3.05, 3.63) is 11.4 Å². The van der Waals surface area contributed by atoms with Crippen molar-refractivity contribution in [1.29, 1.82) is 0 Å². The maximum atomic E-state index is 6.01. The highest BCUT2D eigenvalue weighted by atomic mass is 15.2. The smallest absolute Gasteiger partial charge is 0.138 e. The Labute approximate surface area is 111 Å². The van der Waals surface area contributed by atoms with Gasteiger partial charge in [0.05, 0.1) is 0 Å². The summed E-state index contributed by atoms with van der Waals surface area (Å²) in [6.45, 7) is 13.6. The van der Waals surface area contributed by atoms with E-state index in [-0.39, 0.29) is 5.41 Å². The first-order valence-electron chi connectivity index (χ1n) is 6.48. The van der Waals surface area contributed by atoms with Crippen molar-refractivity contribution in [1.82, 2.24) is 9.97 Å². The Bertz CT molecular complexity index is 419. The van der Waals surface area contributed by atoms with Crippen LogP contribution >= 0.6 is 0 Å². The van der Waals surface area contributed by atoms with Gasteiger partial charge in [-0.05, 0) is 12.8 Å². The fourth-order valence-electron chi connectivity index (χ4n) is 1.86. The van der Waals surface area contributed by atoms with Crippen LogP contribution in [0.2, 0.25) is 0 Å². The highest BCUT2D eigenvalue weighted by Gasteiger charge is 2.21. The third kappa shape index (κ3) is 3.34. The molecule has 0 atom stereocenters. The first-order valence-corrected chi connectivity index (χ1v) is 6.48. The molecule has 4 heteroatoms.